The largest absolute Gasteiger partial charge is 0.491 e. The lowest BCUT2D eigenvalue weighted by atomic mass is 10.0. The van der Waals surface area contributed by atoms with Crippen LogP contribution < -0.4 is 14.8 Å². The summed E-state index contributed by atoms with van der Waals surface area (Å²) in [6.07, 6.45) is 1.73. The first-order chi connectivity index (χ1) is 16.2. The summed E-state index contributed by atoms with van der Waals surface area (Å²) in [7, 11) is 0. The Hall–Kier alpha value is -3.34. The monoisotopic (exact) mass is 490 g/mol. The quantitative estimate of drug-likeness (QED) is 0.514. The number of benzene rings is 1. The van der Waals surface area contributed by atoms with Gasteiger partial charge < -0.3 is 14.4 Å². The van der Waals surface area contributed by atoms with Gasteiger partial charge in [-0.2, -0.15) is 8.76 Å². The highest BCUT2D eigenvalue weighted by Gasteiger charge is 2.35. The van der Waals surface area contributed by atoms with Gasteiger partial charge in [0.15, 0.2) is 17.3 Å². The van der Waals surface area contributed by atoms with Gasteiger partial charge in [-0.3, -0.25) is 19.7 Å². The number of nitrogens with zero attached hydrogens (tertiary/aromatic N) is 3. The molecule has 0 saturated carbocycles. The summed E-state index contributed by atoms with van der Waals surface area (Å²) in [5.41, 5.74) is 0. The number of nitrogens with one attached hydrogen (secondary N) is 1. The second kappa shape index (κ2) is 11.2. The first kappa shape index (κ1) is 25.3. The Labute approximate surface area is 201 Å². The molecule has 1 aliphatic rings. The molecule has 0 unspecified atom stereocenters. The number of carbonyl (C=O) groups excluding carboxylic acids is 3. The predicted octanol–water partition coefficient (Wildman–Crippen LogP) is 3.37. The molecule has 0 aliphatic carbocycles. The van der Waals surface area contributed by atoms with Gasteiger partial charge in [0.05, 0.1) is 19.6 Å². The molecule has 34 heavy (non-hydrogen) atoms. The Morgan fingerprint density at radius 3 is 2.71 bits per heavy atom. The van der Waals surface area contributed by atoms with Crippen molar-refractivity contribution in [2.75, 3.05) is 18.5 Å². The third-order valence-electron chi connectivity index (χ3n) is 4.84. The van der Waals surface area contributed by atoms with Crippen LogP contribution in [0.5, 0.6) is 11.5 Å². The van der Waals surface area contributed by atoms with E-state index in [4.69, 9.17) is 9.47 Å². The molecule has 0 spiro atoms. The molecule has 1 aliphatic heterocycles. The van der Waals surface area contributed by atoms with Gasteiger partial charge in [0.25, 0.3) is 5.91 Å². The van der Waals surface area contributed by atoms with Crippen molar-refractivity contribution in [1.82, 2.24) is 14.3 Å². The van der Waals surface area contributed by atoms with E-state index in [1.807, 2.05) is 13.8 Å². The molecule has 0 radical (unpaired) electrons. The van der Waals surface area contributed by atoms with Gasteiger partial charge in [-0.05, 0) is 38.3 Å². The zero-order valence-corrected chi connectivity index (χ0v) is 20.3. The fourth-order valence-corrected chi connectivity index (χ4v) is 4.02. The van der Waals surface area contributed by atoms with E-state index in [-0.39, 0.29) is 47.1 Å². The average molecular weight is 491 g/mol. The molecule has 2 amide bonds. The number of ketones is 1. The molecule has 1 aromatic carbocycles. The predicted molar refractivity (Wildman–Crippen MR) is 124 cm³/mol. The van der Waals surface area contributed by atoms with Crippen LogP contribution in [0.25, 0.3) is 0 Å². The number of ether oxygens (including phenoxy) is 2. The highest BCUT2D eigenvalue weighted by molar-refractivity contribution is 7.09. The molecule has 0 bridgehead atoms. The molecule has 0 fully saturated rings. The number of hydrogen-bond donors (Lipinski definition) is 1. The van der Waals surface area contributed by atoms with Gasteiger partial charge in [0.1, 0.15) is 17.6 Å². The summed E-state index contributed by atoms with van der Waals surface area (Å²) in [5, 5.41) is 2.94. The van der Waals surface area contributed by atoms with E-state index in [2.05, 4.69) is 14.7 Å². The number of Topliss-reactive ketones (excluding diaryl/α,β-unsaturated/α-hetero) is 1. The Balaban J connectivity index is 1.72. The lowest BCUT2D eigenvalue weighted by molar-refractivity contribution is -0.133. The average Bonchev–Trinajstić information content (AvgIpc) is 3.34. The minimum atomic E-state index is -0.801. The molecule has 0 saturated heterocycles. The SMILES string of the molecule is CCOc1cccc(OC2=CC(=O)N([C@@H](CC(C)C)C(=O)Nc3nc(CC(C)=O)ns3)C2)c1F. The van der Waals surface area contributed by atoms with Crippen LogP contribution in [0.1, 0.15) is 39.9 Å². The third kappa shape index (κ3) is 6.37. The molecule has 1 aromatic heterocycles. The molecule has 1 N–H and O–H groups in total. The minimum Gasteiger partial charge on any atom is -0.491 e. The number of hydrogen-bond acceptors (Lipinski definition) is 8. The van der Waals surface area contributed by atoms with Crippen LogP contribution in [0.4, 0.5) is 9.52 Å². The smallest absolute Gasteiger partial charge is 0.251 e. The van der Waals surface area contributed by atoms with Crippen molar-refractivity contribution in [3.05, 3.63) is 41.7 Å². The van der Waals surface area contributed by atoms with Crippen LogP contribution in [0.15, 0.2) is 30.0 Å². The van der Waals surface area contributed by atoms with Crippen LogP contribution in [-0.4, -0.2) is 51.0 Å². The molecular formula is C23H27FN4O5S. The Bertz CT molecular complexity index is 1100. The van der Waals surface area contributed by atoms with Crippen molar-refractivity contribution >= 4 is 34.3 Å². The Morgan fingerprint density at radius 1 is 1.29 bits per heavy atom. The molecule has 2 heterocycles. The number of halogens is 1. The number of rotatable bonds is 11. The van der Waals surface area contributed by atoms with E-state index in [1.54, 1.807) is 13.0 Å². The van der Waals surface area contributed by atoms with E-state index in [0.29, 0.717) is 18.9 Å². The zero-order valence-electron chi connectivity index (χ0n) is 19.5. The molecule has 1 atom stereocenters. The van der Waals surface area contributed by atoms with Gasteiger partial charge in [0.2, 0.25) is 16.9 Å². The van der Waals surface area contributed by atoms with E-state index < -0.39 is 23.7 Å². The van der Waals surface area contributed by atoms with Crippen LogP contribution in [0.2, 0.25) is 0 Å². The lowest BCUT2D eigenvalue weighted by Gasteiger charge is -2.28. The van der Waals surface area contributed by atoms with E-state index >= 15 is 0 Å². The maximum Gasteiger partial charge on any atom is 0.251 e. The molecular weight excluding hydrogens is 463 g/mol. The lowest BCUT2D eigenvalue weighted by Crippen LogP contribution is -2.46. The number of aromatic nitrogens is 2. The molecule has 11 heteroatoms. The topological polar surface area (TPSA) is 111 Å². The summed E-state index contributed by atoms with van der Waals surface area (Å²) in [5.74, 6) is -0.931. The summed E-state index contributed by atoms with van der Waals surface area (Å²) in [4.78, 5) is 42.6. The summed E-state index contributed by atoms with van der Waals surface area (Å²) < 4.78 is 29.6. The van der Waals surface area contributed by atoms with Crippen LogP contribution >= 0.6 is 11.5 Å². The molecule has 3 rings (SSSR count). The van der Waals surface area contributed by atoms with Crippen molar-refractivity contribution in [3.8, 4) is 11.5 Å². The van der Waals surface area contributed by atoms with Gasteiger partial charge >= 0.3 is 0 Å². The van der Waals surface area contributed by atoms with Crippen molar-refractivity contribution < 1.29 is 28.2 Å². The molecule has 2 aromatic rings. The number of anilines is 1. The molecule has 182 valence electrons. The van der Waals surface area contributed by atoms with Gasteiger partial charge in [-0.15, -0.1) is 0 Å². The maximum atomic E-state index is 14.6. The first-order valence-electron chi connectivity index (χ1n) is 10.9. The summed E-state index contributed by atoms with van der Waals surface area (Å²) in [6.45, 7) is 7.36. The summed E-state index contributed by atoms with van der Waals surface area (Å²) >= 11 is 0.969. The highest BCUT2D eigenvalue weighted by Crippen LogP contribution is 2.30. The third-order valence-corrected chi connectivity index (χ3v) is 5.51. The Morgan fingerprint density at radius 2 is 2.03 bits per heavy atom. The van der Waals surface area contributed by atoms with Crippen molar-refractivity contribution in [3.63, 3.8) is 0 Å². The van der Waals surface area contributed by atoms with E-state index in [1.165, 1.54) is 30.0 Å². The van der Waals surface area contributed by atoms with Crippen molar-refractivity contribution in [1.29, 1.82) is 0 Å². The maximum absolute atomic E-state index is 14.6. The first-order valence-corrected chi connectivity index (χ1v) is 11.7. The van der Waals surface area contributed by atoms with Gasteiger partial charge in [-0.1, -0.05) is 19.9 Å². The second-order valence-electron chi connectivity index (χ2n) is 8.21. The van der Waals surface area contributed by atoms with Crippen LogP contribution in [0.3, 0.4) is 0 Å². The van der Waals surface area contributed by atoms with Crippen molar-refractivity contribution in [2.45, 2.75) is 46.6 Å². The molecule has 9 nitrogen and oxygen atoms in total. The normalized spacial score (nSPS) is 14.2. The minimum absolute atomic E-state index is 0.00759. The standard InChI is InChI=1S/C23H27FN4O5S/c1-5-32-17-7-6-8-18(21(17)24)33-15-11-20(30)28(12-15)16(9-13(2)3)22(31)26-23-25-19(27-34-23)10-14(4)29/h6-8,11,13,16H,5,9-10,12H2,1-4H3,(H,25,26,27,31)/t16-/m0/s1. The second-order valence-corrected chi connectivity index (χ2v) is 8.96. The van der Waals surface area contributed by atoms with Crippen LogP contribution in [-0.2, 0) is 20.8 Å². The number of carbonyl (C=O) groups is 3. The fourth-order valence-electron chi connectivity index (χ4n) is 3.43. The fraction of sp³-hybridized carbons (Fsp3) is 0.435. The van der Waals surface area contributed by atoms with E-state index in [0.717, 1.165) is 11.5 Å². The summed E-state index contributed by atoms with van der Waals surface area (Å²) in [6, 6.07) is 3.73. The highest BCUT2D eigenvalue weighted by atomic mass is 32.1. The zero-order chi connectivity index (χ0) is 24.8. The van der Waals surface area contributed by atoms with Crippen LogP contribution in [0, 0.1) is 11.7 Å². The Kier molecular flexibility index (Phi) is 8.32. The van der Waals surface area contributed by atoms with E-state index in [9.17, 15) is 18.8 Å². The van der Waals surface area contributed by atoms with Crippen molar-refractivity contribution in [2.24, 2.45) is 5.92 Å². The number of amides is 2. The van der Waals surface area contributed by atoms with Gasteiger partial charge in [0, 0.05) is 17.6 Å². The van der Waals surface area contributed by atoms with Gasteiger partial charge in [-0.25, -0.2) is 4.98 Å².